The maximum absolute atomic E-state index is 11.7. The summed E-state index contributed by atoms with van der Waals surface area (Å²) in [5, 5.41) is 2.61. The van der Waals surface area contributed by atoms with Gasteiger partial charge in [0, 0.05) is 11.8 Å². The highest BCUT2D eigenvalue weighted by Crippen LogP contribution is 2.18. The fraction of sp³-hybridized carbons (Fsp3) is 0.300. The molecule has 0 radical (unpaired) electrons. The molecule has 7 heteroatoms. The molecule has 0 aliphatic carbocycles. The lowest BCUT2D eigenvalue weighted by molar-refractivity contribution is 0.0528. The highest BCUT2D eigenvalue weighted by Gasteiger charge is 2.21. The van der Waals surface area contributed by atoms with Crippen LogP contribution in [0.4, 0.5) is 0 Å². The number of aromatic amines is 1. The summed E-state index contributed by atoms with van der Waals surface area (Å²) in [5.74, 6) is -0.603. The third kappa shape index (κ3) is 1.91. The largest absolute Gasteiger partial charge is 0.462 e. The molecule has 0 unspecified atom stereocenters. The Kier molecular flexibility index (Phi) is 2.89. The number of aryl methyl sites for hydroxylation is 1. The van der Waals surface area contributed by atoms with Crippen LogP contribution < -0.4 is 5.56 Å². The lowest BCUT2D eigenvalue weighted by Gasteiger charge is -1.99. The molecule has 0 aromatic carbocycles. The molecule has 0 aliphatic heterocycles. The number of carbonyl (C=O) groups is 1. The van der Waals surface area contributed by atoms with Crippen molar-refractivity contribution >= 4 is 23.2 Å². The summed E-state index contributed by atoms with van der Waals surface area (Å²) in [5.41, 5.74) is 0.439. The Morgan fingerprint density at radius 3 is 3.00 bits per heavy atom. The Hall–Kier alpha value is -1.82. The Morgan fingerprint density at radius 1 is 1.65 bits per heavy atom. The number of hydrogen-bond donors (Lipinski definition) is 1. The summed E-state index contributed by atoms with van der Waals surface area (Å²) in [6.45, 7) is 3.57. The van der Waals surface area contributed by atoms with E-state index in [1.807, 2.05) is 0 Å². The van der Waals surface area contributed by atoms with E-state index in [1.165, 1.54) is 6.07 Å². The van der Waals surface area contributed by atoms with Gasteiger partial charge >= 0.3 is 5.97 Å². The standard InChI is InChI=1S/C10H10ClN3O3/c1-3-17-10(16)7-8(11)13-14-6(15)4-5(2)12-9(7)14/h4,13H,3H2,1-2H3. The molecular weight excluding hydrogens is 246 g/mol. The van der Waals surface area contributed by atoms with E-state index >= 15 is 0 Å². The van der Waals surface area contributed by atoms with E-state index < -0.39 is 5.97 Å². The van der Waals surface area contributed by atoms with Crippen molar-refractivity contribution in [1.82, 2.24) is 14.6 Å². The minimum Gasteiger partial charge on any atom is -0.462 e. The number of H-pyrrole nitrogens is 1. The third-order valence-electron chi connectivity index (χ3n) is 2.18. The summed E-state index contributed by atoms with van der Waals surface area (Å²) >= 11 is 5.87. The molecule has 0 amide bonds. The fourth-order valence-corrected chi connectivity index (χ4v) is 1.76. The Bertz CT molecular complexity index is 644. The predicted octanol–water partition coefficient (Wildman–Crippen LogP) is 1.16. The Labute approximate surface area is 101 Å². The molecule has 0 spiro atoms. The first-order valence-corrected chi connectivity index (χ1v) is 5.37. The van der Waals surface area contributed by atoms with Crippen LogP contribution in [0.1, 0.15) is 23.0 Å². The SMILES string of the molecule is CCOC(=O)c1c(Cl)[nH]n2c(=O)cc(C)nc12. The minimum atomic E-state index is -0.603. The van der Waals surface area contributed by atoms with Crippen molar-refractivity contribution in [3.05, 3.63) is 32.8 Å². The quantitative estimate of drug-likeness (QED) is 0.817. The number of aromatic nitrogens is 3. The van der Waals surface area contributed by atoms with Crippen LogP contribution in [0.25, 0.3) is 5.65 Å². The number of rotatable bonds is 2. The monoisotopic (exact) mass is 255 g/mol. The molecule has 2 aromatic rings. The first-order valence-electron chi connectivity index (χ1n) is 4.99. The molecule has 0 saturated heterocycles. The number of halogens is 1. The van der Waals surface area contributed by atoms with Crippen LogP contribution in [0, 0.1) is 6.92 Å². The van der Waals surface area contributed by atoms with Gasteiger partial charge in [-0.3, -0.25) is 9.89 Å². The number of carbonyl (C=O) groups excluding carboxylic acids is 1. The van der Waals surface area contributed by atoms with E-state index in [4.69, 9.17) is 16.3 Å². The average Bonchev–Trinajstić information content (AvgIpc) is 2.55. The summed E-state index contributed by atoms with van der Waals surface area (Å²) in [6, 6.07) is 1.34. The van der Waals surface area contributed by atoms with E-state index in [0.717, 1.165) is 4.52 Å². The van der Waals surface area contributed by atoms with Gasteiger partial charge in [0.15, 0.2) is 5.65 Å². The summed E-state index contributed by atoms with van der Waals surface area (Å²) in [7, 11) is 0. The van der Waals surface area contributed by atoms with Crippen LogP contribution in [0.2, 0.25) is 5.15 Å². The van der Waals surface area contributed by atoms with Crippen molar-refractivity contribution in [2.75, 3.05) is 6.61 Å². The van der Waals surface area contributed by atoms with E-state index in [2.05, 4.69) is 10.1 Å². The summed E-state index contributed by atoms with van der Waals surface area (Å²) < 4.78 is 5.97. The zero-order chi connectivity index (χ0) is 12.6. The number of fused-ring (bicyclic) bond motifs is 1. The minimum absolute atomic E-state index is 0.0404. The van der Waals surface area contributed by atoms with Crippen LogP contribution >= 0.6 is 11.6 Å². The average molecular weight is 256 g/mol. The summed E-state index contributed by atoms with van der Waals surface area (Å²) in [6.07, 6.45) is 0. The van der Waals surface area contributed by atoms with Gasteiger partial charge in [0.2, 0.25) is 0 Å². The topological polar surface area (TPSA) is 76.5 Å². The van der Waals surface area contributed by atoms with Crippen molar-refractivity contribution in [2.45, 2.75) is 13.8 Å². The normalized spacial score (nSPS) is 10.8. The molecule has 2 heterocycles. The Morgan fingerprint density at radius 2 is 2.35 bits per heavy atom. The molecular formula is C10H10ClN3O3. The first-order chi connectivity index (χ1) is 8.04. The van der Waals surface area contributed by atoms with E-state index in [-0.39, 0.29) is 28.5 Å². The van der Waals surface area contributed by atoms with E-state index in [0.29, 0.717) is 5.69 Å². The van der Waals surface area contributed by atoms with Crippen molar-refractivity contribution in [3.63, 3.8) is 0 Å². The number of nitrogens with zero attached hydrogens (tertiary/aromatic N) is 2. The number of esters is 1. The van der Waals surface area contributed by atoms with Gasteiger partial charge in [0.05, 0.1) is 6.61 Å². The molecule has 2 rings (SSSR count). The zero-order valence-electron chi connectivity index (χ0n) is 9.28. The second-order valence-electron chi connectivity index (χ2n) is 3.42. The molecule has 17 heavy (non-hydrogen) atoms. The second kappa shape index (κ2) is 4.21. The van der Waals surface area contributed by atoms with Gasteiger partial charge in [-0.05, 0) is 13.8 Å². The number of nitrogens with one attached hydrogen (secondary N) is 1. The molecule has 1 N–H and O–H groups in total. The van der Waals surface area contributed by atoms with Crippen molar-refractivity contribution in [2.24, 2.45) is 0 Å². The van der Waals surface area contributed by atoms with Crippen molar-refractivity contribution in [1.29, 1.82) is 0 Å². The lowest BCUT2D eigenvalue weighted by atomic mass is 10.3. The third-order valence-corrected chi connectivity index (χ3v) is 2.45. The zero-order valence-corrected chi connectivity index (χ0v) is 10.0. The fourth-order valence-electron chi connectivity index (χ4n) is 1.51. The molecule has 6 nitrogen and oxygen atoms in total. The maximum atomic E-state index is 11.7. The first kappa shape index (κ1) is 11.7. The molecule has 0 bridgehead atoms. The lowest BCUT2D eigenvalue weighted by Crippen LogP contribution is -2.15. The van der Waals surface area contributed by atoms with Gasteiger partial charge in [-0.25, -0.2) is 9.78 Å². The highest BCUT2D eigenvalue weighted by molar-refractivity contribution is 6.33. The van der Waals surface area contributed by atoms with Gasteiger partial charge in [-0.2, -0.15) is 4.52 Å². The van der Waals surface area contributed by atoms with E-state index in [9.17, 15) is 9.59 Å². The van der Waals surface area contributed by atoms with Crippen LogP contribution in [-0.2, 0) is 4.74 Å². The summed E-state index contributed by atoms with van der Waals surface area (Å²) in [4.78, 5) is 27.4. The van der Waals surface area contributed by atoms with Gasteiger partial charge in [-0.15, -0.1) is 0 Å². The van der Waals surface area contributed by atoms with Gasteiger partial charge in [0.1, 0.15) is 10.7 Å². The number of hydrogen-bond acceptors (Lipinski definition) is 4. The molecule has 90 valence electrons. The molecule has 0 fully saturated rings. The second-order valence-corrected chi connectivity index (χ2v) is 3.79. The van der Waals surface area contributed by atoms with Gasteiger partial charge in [-0.1, -0.05) is 11.6 Å². The molecule has 0 aliphatic rings. The van der Waals surface area contributed by atoms with Gasteiger partial charge < -0.3 is 4.74 Å². The van der Waals surface area contributed by atoms with Crippen molar-refractivity contribution < 1.29 is 9.53 Å². The van der Waals surface area contributed by atoms with Crippen LogP contribution in [0.5, 0.6) is 0 Å². The van der Waals surface area contributed by atoms with Crippen LogP contribution in [0.3, 0.4) is 0 Å². The predicted molar refractivity (Wildman–Crippen MR) is 61.5 cm³/mol. The molecule has 0 saturated carbocycles. The smallest absolute Gasteiger partial charge is 0.345 e. The molecule has 2 aromatic heterocycles. The Balaban J connectivity index is 2.75. The van der Waals surface area contributed by atoms with E-state index in [1.54, 1.807) is 13.8 Å². The van der Waals surface area contributed by atoms with Crippen molar-refractivity contribution in [3.8, 4) is 0 Å². The highest BCUT2D eigenvalue weighted by atomic mass is 35.5. The molecule has 0 atom stereocenters. The van der Waals surface area contributed by atoms with Gasteiger partial charge in [0.25, 0.3) is 5.56 Å². The van der Waals surface area contributed by atoms with Crippen LogP contribution in [-0.4, -0.2) is 27.2 Å². The number of ether oxygens (including phenoxy) is 1. The maximum Gasteiger partial charge on any atom is 0.345 e. The van der Waals surface area contributed by atoms with Crippen LogP contribution in [0.15, 0.2) is 10.9 Å².